The maximum atomic E-state index is 6.69. The second kappa shape index (κ2) is 14.3. The Bertz CT molecular complexity index is 3700. The van der Waals surface area contributed by atoms with Crippen LogP contribution in [0.4, 0.5) is 22.7 Å². The van der Waals surface area contributed by atoms with Gasteiger partial charge >= 0.3 is 0 Å². The van der Waals surface area contributed by atoms with Crippen molar-refractivity contribution < 1.29 is 25.8 Å². The standard InChI is InChI=1S/C56H33N4O.Pt/c1-2-15-39(16-3-1)58-35-59(51-24-11-10-23-50(51)58)40-17-12-18-41(33-40)61-42-29-31-46-45-21-8-9-22-49(45)60(52(46)34-42)56-47-30-27-38-26-25-36-13-4-6-19-43(36)53(38)55(47)54-44-20-7-5-14-37(44)28-32-48(54)57-56;/h1-32,35H;/q-3;. The summed E-state index contributed by atoms with van der Waals surface area (Å²) in [4.78, 5) is 9.95. The van der Waals surface area contributed by atoms with E-state index in [1.165, 1.54) is 37.7 Å². The summed E-state index contributed by atoms with van der Waals surface area (Å²) < 4.78 is 8.96. The first-order chi connectivity index (χ1) is 30.2. The van der Waals surface area contributed by atoms with E-state index < -0.39 is 0 Å². The fourth-order valence-electron chi connectivity index (χ4n) is 9.51. The summed E-state index contributed by atoms with van der Waals surface area (Å²) in [6.45, 7) is 2.11. The number of para-hydroxylation sites is 4. The second-order valence-corrected chi connectivity index (χ2v) is 15.6. The minimum Gasteiger partial charge on any atom is -0.509 e. The van der Waals surface area contributed by atoms with Gasteiger partial charge in [0.1, 0.15) is 5.82 Å². The number of ether oxygens (including phenoxy) is 1. The van der Waals surface area contributed by atoms with Gasteiger partial charge < -0.3 is 19.1 Å². The molecule has 296 valence electrons. The van der Waals surface area contributed by atoms with E-state index >= 15 is 0 Å². The summed E-state index contributed by atoms with van der Waals surface area (Å²) >= 11 is 0. The molecule has 0 radical (unpaired) electrons. The van der Waals surface area contributed by atoms with Crippen molar-refractivity contribution in [3.63, 3.8) is 0 Å². The molecule has 0 atom stereocenters. The minimum absolute atomic E-state index is 0. The number of hydrogen-bond acceptors (Lipinski definition) is 4. The molecule has 0 fully saturated rings. The van der Waals surface area contributed by atoms with E-state index in [1.807, 2.05) is 24.3 Å². The van der Waals surface area contributed by atoms with Crippen molar-refractivity contribution in [2.24, 2.45) is 0 Å². The van der Waals surface area contributed by atoms with Crippen LogP contribution in [0.2, 0.25) is 0 Å². The van der Waals surface area contributed by atoms with Crippen LogP contribution in [0, 0.1) is 18.8 Å². The molecule has 0 saturated carbocycles. The molecule has 13 rings (SSSR count). The average molecular weight is 973 g/mol. The van der Waals surface area contributed by atoms with E-state index in [-0.39, 0.29) is 21.1 Å². The zero-order valence-corrected chi connectivity index (χ0v) is 35.3. The molecule has 1 aliphatic heterocycles. The first kappa shape index (κ1) is 36.4. The maximum absolute atomic E-state index is 6.69. The fraction of sp³-hybridized carbons (Fsp3) is 0. The summed E-state index contributed by atoms with van der Waals surface area (Å²) in [5, 5.41) is 12.9. The van der Waals surface area contributed by atoms with E-state index in [9.17, 15) is 0 Å². The fourth-order valence-corrected chi connectivity index (χ4v) is 9.51. The Morgan fingerprint density at radius 1 is 0.435 bits per heavy atom. The molecule has 3 heterocycles. The van der Waals surface area contributed by atoms with Gasteiger partial charge in [-0.25, -0.2) is 4.98 Å². The van der Waals surface area contributed by atoms with Crippen LogP contribution in [0.3, 0.4) is 0 Å². The molecule has 0 unspecified atom stereocenters. The third-order valence-corrected chi connectivity index (χ3v) is 12.2. The molecule has 0 N–H and O–H groups in total. The molecule has 10 aromatic carbocycles. The van der Waals surface area contributed by atoms with Gasteiger partial charge in [-0.3, -0.25) is 0 Å². The van der Waals surface area contributed by atoms with Crippen LogP contribution in [-0.4, -0.2) is 9.55 Å². The molecule has 12 aromatic rings. The van der Waals surface area contributed by atoms with Crippen molar-refractivity contribution >= 4 is 98.5 Å². The molecule has 5 nitrogen and oxygen atoms in total. The molecule has 1 aliphatic rings. The number of pyridine rings is 1. The SMILES string of the molecule is [Pt].[c-]1c(Oc2[c-]c3c(cc2)c2ccccc2n3-c2nc3ccc4ccccc4c3c3c2ccc2ccc4ccccc4c23)cccc1N1[CH-]N(c2ccccc2)c2ccccc21. The Hall–Kier alpha value is -7.46. The number of hydrogen-bond donors (Lipinski definition) is 0. The van der Waals surface area contributed by atoms with Crippen molar-refractivity contribution in [1.82, 2.24) is 9.55 Å². The predicted octanol–water partition coefficient (Wildman–Crippen LogP) is 14.7. The third-order valence-electron chi connectivity index (χ3n) is 12.2. The van der Waals surface area contributed by atoms with Crippen LogP contribution >= 0.6 is 0 Å². The molecule has 0 spiro atoms. The van der Waals surface area contributed by atoms with Crippen LogP contribution in [0.5, 0.6) is 11.5 Å². The van der Waals surface area contributed by atoms with Crippen molar-refractivity contribution in [2.75, 3.05) is 9.80 Å². The Kier molecular flexibility index (Phi) is 8.41. The van der Waals surface area contributed by atoms with Crippen LogP contribution < -0.4 is 14.5 Å². The van der Waals surface area contributed by atoms with Crippen LogP contribution in [0.25, 0.3) is 81.6 Å². The van der Waals surface area contributed by atoms with Crippen molar-refractivity contribution in [3.05, 3.63) is 213 Å². The summed E-state index contributed by atoms with van der Waals surface area (Å²) in [6, 6.07) is 75.5. The smallest absolute Gasteiger partial charge is 0.144 e. The minimum atomic E-state index is 0. The molecule has 0 bridgehead atoms. The number of benzene rings is 10. The number of nitrogens with zero attached hydrogens (tertiary/aromatic N) is 4. The first-order valence-corrected chi connectivity index (χ1v) is 20.5. The van der Waals surface area contributed by atoms with Gasteiger partial charge in [-0.05, 0) is 80.2 Å². The van der Waals surface area contributed by atoms with Crippen LogP contribution in [0.1, 0.15) is 0 Å². The average Bonchev–Trinajstić information content (AvgIpc) is 3.87. The Balaban J connectivity index is 0.00000410. The third kappa shape index (κ3) is 5.55. The van der Waals surface area contributed by atoms with Gasteiger partial charge in [0, 0.05) is 71.3 Å². The molecule has 2 aromatic heterocycles. The van der Waals surface area contributed by atoms with E-state index in [4.69, 9.17) is 9.72 Å². The Morgan fingerprint density at radius 2 is 1.06 bits per heavy atom. The number of rotatable bonds is 5. The van der Waals surface area contributed by atoms with Gasteiger partial charge in [-0.1, -0.05) is 127 Å². The topological polar surface area (TPSA) is 33.5 Å². The molecule has 0 saturated heterocycles. The van der Waals surface area contributed by atoms with Crippen LogP contribution in [-0.2, 0) is 21.1 Å². The molecular weight excluding hydrogens is 940 g/mol. The second-order valence-electron chi connectivity index (χ2n) is 15.6. The van der Waals surface area contributed by atoms with Crippen molar-refractivity contribution in [1.29, 1.82) is 0 Å². The molecule has 0 amide bonds. The zero-order valence-electron chi connectivity index (χ0n) is 33.1. The number of aromatic nitrogens is 2. The number of fused-ring (bicyclic) bond motifs is 13. The van der Waals surface area contributed by atoms with E-state index in [0.29, 0.717) is 11.5 Å². The Labute approximate surface area is 371 Å². The summed E-state index contributed by atoms with van der Waals surface area (Å²) in [6.07, 6.45) is 0. The molecular formula is C56H33N4OPt-3. The van der Waals surface area contributed by atoms with Crippen molar-refractivity contribution in [2.45, 2.75) is 0 Å². The Morgan fingerprint density at radius 3 is 1.89 bits per heavy atom. The monoisotopic (exact) mass is 972 g/mol. The normalized spacial score (nSPS) is 12.6. The van der Waals surface area contributed by atoms with E-state index in [1.54, 1.807) is 0 Å². The quantitative estimate of drug-likeness (QED) is 0.127. The molecule has 0 aliphatic carbocycles. The van der Waals surface area contributed by atoms with Gasteiger partial charge in [0.05, 0.1) is 5.52 Å². The van der Waals surface area contributed by atoms with Gasteiger partial charge in [0.25, 0.3) is 0 Å². The van der Waals surface area contributed by atoms with Crippen LogP contribution in [0.15, 0.2) is 194 Å². The van der Waals surface area contributed by atoms with Gasteiger partial charge in [-0.15, -0.1) is 48.1 Å². The largest absolute Gasteiger partial charge is 0.509 e. The van der Waals surface area contributed by atoms with Gasteiger partial charge in [-0.2, -0.15) is 12.1 Å². The summed E-state index contributed by atoms with van der Waals surface area (Å²) in [7, 11) is 0. The van der Waals surface area contributed by atoms with Gasteiger partial charge in [0.2, 0.25) is 0 Å². The summed E-state index contributed by atoms with van der Waals surface area (Å²) in [5.41, 5.74) is 7.02. The summed E-state index contributed by atoms with van der Waals surface area (Å²) in [5.74, 6) is 2.04. The number of anilines is 4. The maximum Gasteiger partial charge on any atom is 0.144 e. The van der Waals surface area contributed by atoms with E-state index in [2.05, 4.69) is 203 Å². The van der Waals surface area contributed by atoms with E-state index in [0.717, 1.165) is 66.7 Å². The first-order valence-electron chi connectivity index (χ1n) is 20.5. The molecule has 6 heteroatoms. The predicted molar refractivity (Wildman–Crippen MR) is 252 cm³/mol. The zero-order chi connectivity index (χ0) is 40.0. The van der Waals surface area contributed by atoms with Crippen molar-refractivity contribution in [3.8, 4) is 17.3 Å². The van der Waals surface area contributed by atoms with Gasteiger partial charge in [0.15, 0.2) is 0 Å². The molecule has 62 heavy (non-hydrogen) atoms.